The van der Waals surface area contributed by atoms with E-state index in [1.54, 1.807) is 42.5 Å². The van der Waals surface area contributed by atoms with Crippen molar-refractivity contribution in [2.75, 3.05) is 0 Å². The number of aromatic nitrogens is 2. The van der Waals surface area contributed by atoms with Gasteiger partial charge in [0.25, 0.3) is 0 Å². The number of nitrogens with zero attached hydrogens (tertiary/aromatic N) is 2. The van der Waals surface area contributed by atoms with Crippen molar-refractivity contribution in [2.24, 2.45) is 0 Å². The zero-order chi connectivity index (χ0) is 28.0. The molecular formula is C31H21ClF4N2O2. The summed E-state index contributed by atoms with van der Waals surface area (Å²) in [6.07, 6.45) is -2.60. The third-order valence-corrected chi connectivity index (χ3v) is 7.27. The second kappa shape index (κ2) is 10.1. The largest absolute Gasteiger partial charge is 0.457 e. The Bertz CT molecular complexity index is 1760. The summed E-state index contributed by atoms with van der Waals surface area (Å²) in [5.74, 6) is 0.618. The SMILES string of the molecule is O=C1CCCc2c(Oc3ccc(-c4c5cccc(C(F)(F)F)c5nn4Cc4ccc(Cl)cc4F)cc3)cccc21. The first-order valence-corrected chi connectivity index (χ1v) is 13.0. The molecule has 0 N–H and O–H groups in total. The standard InChI is InChI=1S/C31H21ClF4N2O2/c32-20-13-10-19(26(33)16-20)17-38-30(24-6-1-7-25(29(24)37-38)31(34,35)36)18-11-14-21(15-12-18)40-28-9-3-4-22-23(28)5-2-8-27(22)39/h1,3-4,6-7,9-16H,2,5,8,17H2. The third kappa shape index (κ3) is 4.84. The Morgan fingerprint density at radius 2 is 1.73 bits per heavy atom. The number of benzene rings is 4. The summed E-state index contributed by atoms with van der Waals surface area (Å²) in [5.41, 5.74) is 1.67. The number of carbonyl (C=O) groups is 1. The molecule has 0 unspecified atom stereocenters. The number of hydrogen-bond donors (Lipinski definition) is 0. The Balaban J connectivity index is 1.41. The van der Waals surface area contributed by atoms with Gasteiger partial charge in [-0.1, -0.05) is 41.9 Å². The summed E-state index contributed by atoms with van der Waals surface area (Å²) < 4.78 is 63.7. The van der Waals surface area contributed by atoms with Crippen LogP contribution in [0.25, 0.3) is 22.2 Å². The lowest BCUT2D eigenvalue weighted by Crippen LogP contribution is -2.11. The maximum Gasteiger partial charge on any atom is 0.418 e. The molecule has 1 aliphatic rings. The van der Waals surface area contributed by atoms with E-state index in [0.717, 1.165) is 30.5 Å². The molecule has 0 aliphatic heterocycles. The first-order valence-electron chi connectivity index (χ1n) is 12.6. The zero-order valence-electron chi connectivity index (χ0n) is 20.9. The van der Waals surface area contributed by atoms with Crippen molar-refractivity contribution in [3.05, 3.63) is 112 Å². The maximum atomic E-state index is 14.7. The Hall–Kier alpha value is -4.17. The molecule has 6 rings (SSSR count). The van der Waals surface area contributed by atoms with Gasteiger partial charge in [0, 0.05) is 39.1 Å². The Labute approximate surface area is 231 Å². The van der Waals surface area contributed by atoms with Crippen molar-refractivity contribution < 1.29 is 27.1 Å². The van der Waals surface area contributed by atoms with Gasteiger partial charge in [-0.3, -0.25) is 9.48 Å². The van der Waals surface area contributed by atoms with Gasteiger partial charge < -0.3 is 4.74 Å². The smallest absolute Gasteiger partial charge is 0.418 e. The molecule has 1 aliphatic carbocycles. The van der Waals surface area contributed by atoms with Crippen LogP contribution in [0.4, 0.5) is 17.6 Å². The van der Waals surface area contributed by atoms with Crippen LogP contribution in [0.3, 0.4) is 0 Å². The van der Waals surface area contributed by atoms with Gasteiger partial charge in [-0.25, -0.2) is 4.39 Å². The molecule has 0 amide bonds. The fourth-order valence-electron chi connectivity index (χ4n) is 5.16. The minimum atomic E-state index is -4.62. The van der Waals surface area contributed by atoms with Gasteiger partial charge in [-0.05, 0) is 61.4 Å². The van der Waals surface area contributed by atoms with Crippen LogP contribution in [0, 0.1) is 5.82 Å². The van der Waals surface area contributed by atoms with Gasteiger partial charge >= 0.3 is 6.18 Å². The molecule has 5 aromatic rings. The zero-order valence-corrected chi connectivity index (χ0v) is 21.7. The molecule has 4 aromatic carbocycles. The highest BCUT2D eigenvalue weighted by Crippen LogP contribution is 2.39. The number of fused-ring (bicyclic) bond motifs is 2. The molecule has 9 heteroatoms. The lowest BCUT2D eigenvalue weighted by atomic mass is 9.90. The minimum Gasteiger partial charge on any atom is -0.457 e. The Morgan fingerprint density at radius 1 is 0.950 bits per heavy atom. The van der Waals surface area contributed by atoms with E-state index in [-0.39, 0.29) is 33.8 Å². The van der Waals surface area contributed by atoms with E-state index in [0.29, 0.717) is 34.7 Å². The van der Waals surface area contributed by atoms with E-state index in [9.17, 15) is 22.4 Å². The summed E-state index contributed by atoms with van der Waals surface area (Å²) in [4.78, 5) is 12.3. The van der Waals surface area contributed by atoms with Crippen LogP contribution >= 0.6 is 11.6 Å². The molecule has 0 bridgehead atoms. The highest BCUT2D eigenvalue weighted by atomic mass is 35.5. The first-order chi connectivity index (χ1) is 19.2. The summed E-state index contributed by atoms with van der Waals surface area (Å²) in [5, 5.41) is 4.79. The number of alkyl halides is 3. The summed E-state index contributed by atoms with van der Waals surface area (Å²) in [6, 6.07) is 20.3. The fourth-order valence-corrected chi connectivity index (χ4v) is 5.32. The predicted molar refractivity (Wildman–Crippen MR) is 144 cm³/mol. The maximum absolute atomic E-state index is 14.7. The molecule has 202 valence electrons. The van der Waals surface area contributed by atoms with Gasteiger partial charge in [0.05, 0.1) is 17.8 Å². The number of halogens is 5. The highest BCUT2D eigenvalue weighted by molar-refractivity contribution is 6.30. The molecule has 0 atom stereocenters. The lowest BCUT2D eigenvalue weighted by molar-refractivity contribution is -0.136. The molecule has 1 heterocycles. The molecule has 0 spiro atoms. The summed E-state index contributed by atoms with van der Waals surface area (Å²) in [7, 11) is 0. The summed E-state index contributed by atoms with van der Waals surface area (Å²) >= 11 is 5.89. The van der Waals surface area contributed by atoms with Crippen molar-refractivity contribution in [1.82, 2.24) is 9.78 Å². The fraction of sp³-hybridized carbons (Fsp3) is 0.161. The monoisotopic (exact) mass is 564 g/mol. The van der Waals surface area contributed by atoms with Crippen LogP contribution in [0.1, 0.15) is 39.9 Å². The second-order valence-corrected chi connectivity index (χ2v) is 10.1. The van der Waals surface area contributed by atoms with Crippen LogP contribution in [-0.4, -0.2) is 15.6 Å². The Kier molecular flexibility index (Phi) is 6.58. The van der Waals surface area contributed by atoms with Gasteiger partial charge in [-0.15, -0.1) is 0 Å². The Morgan fingerprint density at radius 3 is 2.48 bits per heavy atom. The highest BCUT2D eigenvalue weighted by Gasteiger charge is 2.34. The van der Waals surface area contributed by atoms with Crippen LogP contribution in [-0.2, 0) is 19.1 Å². The van der Waals surface area contributed by atoms with E-state index < -0.39 is 17.6 Å². The molecule has 1 aromatic heterocycles. The molecule has 0 saturated carbocycles. The number of carbonyl (C=O) groups excluding carboxylic acids is 1. The molecular weight excluding hydrogens is 544 g/mol. The molecule has 0 radical (unpaired) electrons. The van der Waals surface area contributed by atoms with Crippen molar-refractivity contribution in [3.63, 3.8) is 0 Å². The normalized spacial score (nSPS) is 13.5. The van der Waals surface area contributed by atoms with Crippen molar-refractivity contribution >= 4 is 28.3 Å². The van der Waals surface area contributed by atoms with Crippen LogP contribution in [0.5, 0.6) is 11.5 Å². The molecule has 0 fully saturated rings. The third-order valence-electron chi connectivity index (χ3n) is 7.03. The van der Waals surface area contributed by atoms with Crippen molar-refractivity contribution in [3.8, 4) is 22.8 Å². The number of ether oxygens (including phenoxy) is 1. The van der Waals surface area contributed by atoms with Crippen LogP contribution < -0.4 is 4.74 Å². The molecule has 40 heavy (non-hydrogen) atoms. The average Bonchev–Trinajstić information content (AvgIpc) is 3.29. The quantitative estimate of drug-likeness (QED) is 0.200. The van der Waals surface area contributed by atoms with E-state index in [1.807, 2.05) is 6.07 Å². The van der Waals surface area contributed by atoms with Crippen LogP contribution in [0.2, 0.25) is 5.02 Å². The average molecular weight is 565 g/mol. The number of rotatable bonds is 5. The van der Waals surface area contributed by atoms with Gasteiger partial charge in [0.15, 0.2) is 5.78 Å². The van der Waals surface area contributed by atoms with Crippen molar-refractivity contribution in [1.29, 1.82) is 0 Å². The first kappa shape index (κ1) is 26.1. The lowest BCUT2D eigenvalue weighted by Gasteiger charge is -2.18. The molecule has 4 nitrogen and oxygen atoms in total. The van der Waals surface area contributed by atoms with Gasteiger partial charge in [-0.2, -0.15) is 18.3 Å². The van der Waals surface area contributed by atoms with Gasteiger partial charge in [0.2, 0.25) is 0 Å². The number of Topliss-reactive ketones (excluding diaryl/α,β-unsaturated/α-hetero) is 1. The van der Waals surface area contributed by atoms with Crippen molar-refractivity contribution in [2.45, 2.75) is 32.0 Å². The van der Waals surface area contributed by atoms with E-state index in [2.05, 4.69) is 5.10 Å². The van der Waals surface area contributed by atoms with E-state index >= 15 is 0 Å². The summed E-state index contributed by atoms with van der Waals surface area (Å²) in [6.45, 7) is -0.104. The van der Waals surface area contributed by atoms with E-state index in [1.165, 1.54) is 22.9 Å². The number of ketones is 1. The topological polar surface area (TPSA) is 44.1 Å². The van der Waals surface area contributed by atoms with E-state index in [4.69, 9.17) is 16.3 Å². The van der Waals surface area contributed by atoms with Crippen LogP contribution in [0.15, 0.2) is 78.9 Å². The minimum absolute atomic E-state index is 0.0949. The number of hydrogen-bond acceptors (Lipinski definition) is 3. The molecule has 0 saturated heterocycles. The van der Waals surface area contributed by atoms with Gasteiger partial charge in [0.1, 0.15) is 22.8 Å². The second-order valence-electron chi connectivity index (χ2n) is 9.63. The predicted octanol–water partition coefficient (Wildman–Crippen LogP) is 8.87.